The standard InChI is InChI=1S/C16H18BrF2NO2S/c1-3-21-14-8-11(4-5-13(14)22-16(18)19)9-20(2)10-15-12(17)6-7-23-15/h4-8,16H,3,9-10H2,1-2H3. The Kier molecular flexibility index (Phi) is 6.80. The zero-order valence-corrected chi connectivity index (χ0v) is 15.3. The average molecular weight is 406 g/mol. The van der Waals surface area contributed by atoms with Crippen LogP contribution in [0.3, 0.4) is 0 Å². The van der Waals surface area contributed by atoms with Crippen LogP contribution in [-0.4, -0.2) is 25.2 Å². The zero-order valence-electron chi connectivity index (χ0n) is 12.9. The van der Waals surface area contributed by atoms with Gasteiger partial charge in [0.2, 0.25) is 0 Å². The smallest absolute Gasteiger partial charge is 0.387 e. The van der Waals surface area contributed by atoms with E-state index in [0.29, 0.717) is 18.9 Å². The maximum Gasteiger partial charge on any atom is 0.387 e. The topological polar surface area (TPSA) is 21.7 Å². The van der Waals surface area contributed by atoms with Crippen molar-refractivity contribution in [2.75, 3.05) is 13.7 Å². The number of rotatable bonds is 8. The van der Waals surface area contributed by atoms with Crippen molar-refractivity contribution < 1.29 is 18.3 Å². The summed E-state index contributed by atoms with van der Waals surface area (Å²) in [7, 11) is 2.01. The van der Waals surface area contributed by atoms with Crippen LogP contribution in [0, 0.1) is 0 Å². The van der Waals surface area contributed by atoms with Gasteiger partial charge in [-0.15, -0.1) is 11.3 Å². The number of hydrogen-bond acceptors (Lipinski definition) is 4. The van der Waals surface area contributed by atoms with Crippen molar-refractivity contribution in [1.29, 1.82) is 0 Å². The quantitative estimate of drug-likeness (QED) is 0.606. The highest BCUT2D eigenvalue weighted by Crippen LogP contribution is 2.31. The molecule has 0 aliphatic rings. The molecule has 0 saturated carbocycles. The lowest BCUT2D eigenvalue weighted by molar-refractivity contribution is -0.0514. The fourth-order valence-corrected chi connectivity index (χ4v) is 3.72. The van der Waals surface area contributed by atoms with Crippen LogP contribution in [0.1, 0.15) is 17.4 Å². The van der Waals surface area contributed by atoms with Gasteiger partial charge in [0.15, 0.2) is 11.5 Å². The highest BCUT2D eigenvalue weighted by atomic mass is 79.9. The maximum absolute atomic E-state index is 12.4. The number of benzene rings is 1. The normalized spacial score (nSPS) is 11.3. The average Bonchev–Trinajstić information content (AvgIpc) is 2.87. The minimum Gasteiger partial charge on any atom is -0.490 e. The minimum atomic E-state index is -2.86. The Balaban J connectivity index is 2.07. The van der Waals surface area contributed by atoms with E-state index in [2.05, 4.69) is 25.6 Å². The van der Waals surface area contributed by atoms with E-state index in [-0.39, 0.29) is 5.75 Å². The van der Waals surface area contributed by atoms with E-state index in [4.69, 9.17) is 4.74 Å². The van der Waals surface area contributed by atoms with Crippen molar-refractivity contribution in [3.05, 3.63) is 44.6 Å². The lowest BCUT2D eigenvalue weighted by Gasteiger charge is -2.18. The second-order valence-corrected chi connectivity index (χ2v) is 6.81. The van der Waals surface area contributed by atoms with E-state index in [1.165, 1.54) is 10.9 Å². The predicted molar refractivity (Wildman–Crippen MR) is 91.4 cm³/mol. The van der Waals surface area contributed by atoms with Gasteiger partial charge in [0, 0.05) is 22.4 Å². The minimum absolute atomic E-state index is 0.0641. The Labute approximate surface area is 147 Å². The van der Waals surface area contributed by atoms with Gasteiger partial charge in [-0.3, -0.25) is 4.90 Å². The van der Waals surface area contributed by atoms with Crippen molar-refractivity contribution >= 4 is 27.3 Å². The second-order valence-electron chi connectivity index (χ2n) is 4.96. The summed E-state index contributed by atoms with van der Waals surface area (Å²) in [6.45, 7) is 0.816. The largest absolute Gasteiger partial charge is 0.490 e. The molecule has 1 aromatic carbocycles. The van der Waals surface area contributed by atoms with Crippen molar-refractivity contribution in [2.24, 2.45) is 0 Å². The molecule has 0 unspecified atom stereocenters. The second kappa shape index (κ2) is 8.61. The van der Waals surface area contributed by atoms with Gasteiger partial charge in [-0.1, -0.05) is 6.07 Å². The molecule has 1 heterocycles. The summed E-state index contributed by atoms with van der Waals surface area (Å²) in [5, 5.41) is 2.04. The maximum atomic E-state index is 12.4. The van der Waals surface area contributed by atoms with Gasteiger partial charge < -0.3 is 9.47 Å². The molecule has 0 spiro atoms. The lowest BCUT2D eigenvalue weighted by Crippen LogP contribution is -2.17. The molecule has 126 valence electrons. The van der Waals surface area contributed by atoms with Crippen LogP contribution >= 0.6 is 27.3 Å². The van der Waals surface area contributed by atoms with Gasteiger partial charge in [0.25, 0.3) is 0 Å². The molecule has 23 heavy (non-hydrogen) atoms. The Morgan fingerprint density at radius 2 is 2.00 bits per heavy atom. The SMILES string of the molecule is CCOc1cc(CN(C)Cc2sccc2Br)ccc1OC(F)F. The molecule has 0 aliphatic heterocycles. The number of hydrogen-bond donors (Lipinski definition) is 0. The molecule has 1 aromatic heterocycles. The summed E-state index contributed by atoms with van der Waals surface area (Å²) in [6.07, 6.45) is 0. The summed E-state index contributed by atoms with van der Waals surface area (Å²) in [4.78, 5) is 3.39. The van der Waals surface area contributed by atoms with Crippen LogP contribution in [0.25, 0.3) is 0 Å². The predicted octanol–water partition coefficient (Wildman–Crippen LogP) is 5.14. The van der Waals surface area contributed by atoms with Gasteiger partial charge in [0.05, 0.1) is 6.61 Å². The Hall–Kier alpha value is -1.18. The summed E-state index contributed by atoms with van der Waals surface area (Å²) in [5.41, 5.74) is 0.977. The fourth-order valence-electron chi connectivity index (χ4n) is 2.16. The van der Waals surface area contributed by atoms with E-state index in [1.54, 1.807) is 30.4 Å². The first kappa shape index (κ1) is 18.2. The fraction of sp³-hybridized carbons (Fsp3) is 0.375. The summed E-state index contributed by atoms with van der Waals surface area (Å²) in [6, 6.07) is 7.08. The highest BCUT2D eigenvalue weighted by Gasteiger charge is 2.13. The highest BCUT2D eigenvalue weighted by molar-refractivity contribution is 9.10. The lowest BCUT2D eigenvalue weighted by atomic mass is 10.2. The number of ether oxygens (including phenoxy) is 2. The molecule has 2 aromatic rings. The van der Waals surface area contributed by atoms with Crippen molar-refractivity contribution in [2.45, 2.75) is 26.6 Å². The molecule has 0 aliphatic carbocycles. The van der Waals surface area contributed by atoms with E-state index in [9.17, 15) is 8.78 Å². The van der Waals surface area contributed by atoms with Gasteiger partial charge in [-0.05, 0) is 59.0 Å². The Morgan fingerprint density at radius 1 is 1.22 bits per heavy atom. The van der Waals surface area contributed by atoms with Crippen LogP contribution in [0.15, 0.2) is 34.1 Å². The zero-order chi connectivity index (χ0) is 16.8. The third-order valence-electron chi connectivity index (χ3n) is 3.08. The van der Waals surface area contributed by atoms with Gasteiger partial charge in [-0.25, -0.2) is 0 Å². The van der Waals surface area contributed by atoms with E-state index < -0.39 is 6.61 Å². The summed E-state index contributed by atoms with van der Waals surface area (Å²) >= 11 is 5.21. The molecule has 0 fully saturated rings. The van der Waals surface area contributed by atoms with Crippen LogP contribution in [0.5, 0.6) is 11.5 Å². The molecule has 0 amide bonds. The number of alkyl halides is 2. The molecular formula is C16H18BrF2NO2S. The summed E-state index contributed by atoms with van der Waals surface area (Å²) < 4.78 is 35.8. The molecule has 0 bridgehead atoms. The van der Waals surface area contributed by atoms with Crippen molar-refractivity contribution in [1.82, 2.24) is 4.90 Å². The summed E-state index contributed by atoms with van der Waals surface area (Å²) in [5.74, 6) is 0.408. The first-order valence-electron chi connectivity index (χ1n) is 7.10. The van der Waals surface area contributed by atoms with E-state index in [0.717, 1.165) is 16.6 Å². The molecule has 7 heteroatoms. The monoisotopic (exact) mass is 405 g/mol. The molecule has 0 N–H and O–H groups in total. The third-order valence-corrected chi connectivity index (χ3v) is 4.99. The van der Waals surface area contributed by atoms with Crippen molar-refractivity contribution in [3.8, 4) is 11.5 Å². The van der Waals surface area contributed by atoms with E-state index >= 15 is 0 Å². The molecule has 2 rings (SSSR count). The van der Waals surface area contributed by atoms with Crippen LogP contribution < -0.4 is 9.47 Å². The van der Waals surface area contributed by atoms with Crippen LogP contribution in [-0.2, 0) is 13.1 Å². The number of nitrogens with zero attached hydrogens (tertiary/aromatic N) is 1. The van der Waals surface area contributed by atoms with Crippen molar-refractivity contribution in [3.63, 3.8) is 0 Å². The molecule has 0 atom stereocenters. The van der Waals surface area contributed by atoms with Crippen LogP contribution in [0.4, 0.5) is 8.78 Å². The molecular weight excluding hydrogens is 388 g/mol. The number of halogens is 3. The Morgan fingerprint density at radius 3 is 2.61 bits per heavy atom. The van der Waals surface area contributed by atoms with Gasteiger partial charge in [0.1, 0.15) is 0 Å². The van der Waals surface area contributed by atoms with Gasteiger partial charge >= 0.3 is 6.61 Å². The first-order valence-corrected chi connectivity index (χ1v) is 8.77. The first-order chi connectivity index (χ1) is 11.0. The Bertz CT molecular complexity index is 636. The molecule has 0 saturated heterocycles. The molecule has 0 radical (unpaired) electrons. The molecule has 3 nitrogen and oxygen atoms in total. The third kappa shape index (κ3) is 5.44. The van der Waals surface area contributed by atoms with E-state index in [1.807, 2.05) is 18.5 Å². The number of thiophene rings is 1. The van der Waals surface area contributed by atoms with Gasteiger partial charge in [-0.2, -0.15) is 8.78 Å². The van der Waals surface area contributed by atoms with Crippen LogP contribution in [0.2, 0.25) is 0 Å².